The Hall–Kier alpha value is -2.88. The van der Waals surface area contributed by atoms with E-state index in [0.717, 1.165) is 26.3 Å². The summed E-state index contributed by atoms with van der Waals surface area (Å²) in [5.41, 5.74) is 2.02. The third-order valence-electron chi connectivity index (χ3n) is 6.66. The highest BCUT2D eigenvalue weighted by Gasteiger charge is 2.34. The van der Waals surface area contributed by atoms with Crippen LogP contribution in [0.5, 0.6) is 0 Å². The van der Waals surface area contributed by atoms with Crippen LogP contribution in [0.2, 0.25) is 5.02 Å². The van der Waals surface area contributed by atoms with Crippen LogP contribution < -0.4 is 9.62 Å². The Bertz CT molecular complexity index is 1400. The number of carbonyl (C=O) groups is 2. The largest absolute Gasteiger partial charge is 0.352 e. The van der Waals surface area contributed by atoms with Gasteiger partial charge in [-0.3, -0.25) is 13.9 Å². The Morgan fingerprint density at radius 3 is 2.08 bits per heavy atom. The second kappa shape index (κ2) is 14.1. The van der Waals surface area contributed by atoms with Gasteiger partial charge in [-0.05, 0) is 80.8 Å². The van der Waals surface area contributed by atoms with Gasteiger partial charge in [0.15, 0.2) is 0 Å². The van der Waals surface area contributed by atoms with Gasteiger partial charge < -0.3 is 10.2 Å². The molecule has 0 unspecified atom stereocenters. The van der Waals surface area contributed by atoms with Crippen molar-refractivity contribution in [3.63, 3.8) is 0 Å². The van der Waals surface area contributed by atoms with E-state index in [0.29, 0.717) is 17.1 Å². The minimum atomic E-state index is -4.11. The number of nitrogens with zero attached hydrogens (tertiary/aromatic N) is 2. The molecule has 2 amide bonds. The number of aryl methyl sites for hydroxylation is 1. The van der Waals surface area contributed by atoms with Gasteiger partial charge in [-0.2, -0.15) is 0 Å². The average molecular weight is 649 g/mol. The second-order valence-corrected chi connectivity index (χ2v) is 12.9. The fourth-order valence-electron chi connectivity index (χ4n) is 4.12. The van der Waals surface area contributed by atoms with Crippen molar-refractivity contribution in [2.45, 2.75) is 64.1 Å². The zero-order valence-corrected chi connectivity index (χ0v) is 26.3. The first-order chi connectivity index (χ1) is 19.0. The van der Waals surface area contributed by atoms with Crippen LogP contribution in [0.25, 0.3) is 0 Å². The maximum Gasteiger partial charge on any atom is 0.264 e. The molecule has 0 saturated heterocycles. The molecule has 0 aliphatic heterocycles. The Morgan fingerprint density at radius 1 is 0.925 bits per heavy atom. The average Bonchev–Trinajstić information content (AvgIpc) is 2.93. The van der Waals surface area contributed by atoms with Crippen LogP contribution >= 0.6 is 27.5 Å². The number of anilines is 1. The highest BCUT2D eigenvalue weighted by Crippen LogP contribution is 2.26. The van der Waals surface area contributed by atoms with Crippen molar-refractivity contribution in [1.82, 2.24) is 10.2 Å². The van der Waals surface area contributed by atoms with Gasteiger partial charge in [-0.25, -0.2) is 8.42 Å². The van der Waals surface area contributed by atoms with E-state index in [1.807, 2.05) is 27.7 Å². The lowest BCUT2D eigenvalue weighted by atomic mass is 10.1. The summed E-state index contributed by atoms with van der Waals surface area (Å²) in [6, 6.07) is 19.3. The Labute approximate surface area is 250 Å². The number of benzene rings is 3. The molecule has 0 spiro atoms. The maximum absolute atomic E-state index is 14.1. The fraction of sp³-hybridized carbons (Fsp3) is 0.333. The molecule has 1 N–H and O–H groups in total. The van der Waals surface area contributed by atoms with E-state index in [-0.39, 0.29) is 23.4 Å². The van der Waals surface area contributed by atoms with Crippen molar-refractivity contribution in [2.24, 2.45) is 0 Å². The molecule has 0 saturated carbocycles. The Kier molecular flexibility index (Phi) is 11.2. The zero-order valence-electron chi connectivity index (χ0n) is 23.1. The van der Waals surface area contributed by atoms with Gasteiger partial charge in [0.25, 0.3) is 10.0 Å². The first kappa shape index (κ1) is 31.6. The topological polar surface area (TPSA) is 86.8 Å². The molecule has 0 fully saturated rings. The third kappa shape index (κ3) is 8.08. The lowest BCUT2D eigenvalue weighted by Crippen LogP contribution is -2.53. The Morgan fingerprint density at radius 2 is 1.52 bits per heavy atom. The SMILES string of the molecule is CC[C@@H](C)NC(=O)[C@H](CC)N(Cc1ccc(Cl)cc1)C(=O)CN(c1ccc(Br)cc1)S(=O)(=O)c1ccc(C)cc1. The predicted molar refractivity (Wildman–Crippen MR) is 164 cm³/mol. The van der Waals surface area contributed by atoms with Crippen LogP contribution in [-0.4, -0.2) is 43.8 Å². The van der Waals surface area contributed by atoms with E-state index >= 15 is 0 Å². The number of rotatable bonds is 12. The number of hydrogen-bond donors (Lipinski definition) is 1. The van der Waals surface area contributed by atoms with Crippen LogP contribution in [0, 0.1) is 6.92 Å². The van der Waals surface area contributed by atoms with Gasteiger partial charge in [0.1, 0.15) is 12.6 Å². The molecule has 3 aromatic carbocycles. The van der Waals surface area contributed by atoms with Crippen molar-refractivity contribution in [2.75, 3.05) is 10.8 Å². The van der Waals surface area contributed by atoms with Gasteiger partial charge in [0.05, 0.1) is 10.6 Å². The van der Waals surface area contributed by atoms with Gasteiger partial charge in [-0.1, -0.05) is 71.2 Å². The molecule has 40 heavy (non-hydrogen) atoms. The monoisotopic (exact) mass is 647 g/mol. The van der Waals surface area contributed by atoms with E-state index in [2.05, 4.69) is 21.2 Å². The minimum absolute atomic E-state index is 0.0691. The molecule has 2 atom stereocenters. The third-order valence-corrected chi connectivity index (χ3v) is 9.22. The molecule has 3 rings (SSSR count). The van der Waals surface area contributed by atoms with Crippen LogP contribution in [0.1, 0.15) is 44.7 Å². The second-order valence-electron chi connectivity index (χ2n) is 9.69. The molecule has 3 aromatic rings. The van der Waals surface area contributed by atoms with Gasteiger partial charge in [0.2, 0.25) is 11.8 Å². The van der Waals surface area contributed by atoms with E-state index < -0.39 is 28.5 Å². The summed E-state index contributed by atoms with van der Waals surface area (Å²) >= 11 is 9.46. The summed E-state index contributed by atoms with van der Waals surface area (Å²) < 4.78 is 29.6. The summed E-state index contributed by atoms with van der Waals surface area (Å²) in [7, 11) is -4.11. The molecule has 0 radical (unpaired) electrons. The maximum atomic E-state index is 14.1. The quantitative estimate of drug-likeness (QED) is 0.249. The Balaban J connectivity index is 2.04. The number of amides is 2. The number of nitrogens with one attached hydrogen (secondary N) is 1. The summed E-state index contributed by atoms with van der Waals surface area (Å²) in [5.74, 6) is -0.782. The van der Waals surface area contributed by atoms with E-state index in [9.17, 15) is 18.0 Å². The van der Waals surface area contributed by atoms with Crippen LogP contribution in [0.3, 0.4) is 0 Å². The lowest BCUT2D eigenvalue weighted by Gasteiger charge is -2.33. The van der Waals surface area contributed by atoms with Gasteiger partial charge in [-0.15, -0.1) is 0 Å². The molecule has 7 nitrogen and oxygen atoms in total. The first-order valence-corrected chi connectivity index (χ1v) is 15.8. The van der Waals surface area contributed by atoms with E-state index in [4.69, 9.17) is 11.6 Å². The first-order valence-electron chi connectivity index (χ1n) is 13.2. The molecular formula is C30H35BrClN3O4S. The fourth-order valence-corrected chi connectivity index (χ4v) is 5.93. The highest BCUT2D eigenvalue weighted by atomic mass is 79.9. The van der Waals surface area contributed by atoms with Crippen molar-refractivity contribution in [1.29, 1.82) is 0 Å². The number of sulfonamides is 1. The number of halogens is 2. The van der Waals surface area contributed by atoms with Crippen LogP contribution in [-0.2, 0) is 26.2 Å². The normalized spacial score (nSPS) is 12.8. The molecule has 0 bridgehead atoms. The zero-order chi connectivity index (χ0) is 29.4. The van der Waals surface area contributed by atoms with E-state index in [1.54, 1.807) is 60.7 Å². The molecule has 0 aliphatic carbocycles. The molecule has 0 heterocycles. The van der Waals surface area contributed by atoms with Gasteiger partial charge >= 0.3 is 0 Å². The molecule has 10 heteroatoms. The van der Waals surface area contributed by atoms with Crippen LogP contribution in [0.15, 0.2) is 82.2 Å². The summed E-state index contributed by atoms with van der Waals surface area (Å²) in [6.45, 7) is 7.20. The molecule has 0 aromatic heterocycles. The molecule has 214 valence electrons. The van der Waals surface area contributed by atoms with Crippen molar-refractivity contribution >= 4 is 55.1 Å². The number of carbonyl (C=O) groups excluding carboxylic acids is 2. The van der Waals surface area contributed by atoms with Crippen molar-refractivity contribution in [3.05, 3.63) is 93.4 Å². The lowest BCUT2D eigenvalue weighted by molar-refractivity contribution is -0.140. The summed E-state index contributed by atoms with van der Waals surface area (Å²) in [5, 5.41) is 3.52. The van der Waals surface area contributed by atoms with Crippen LogP contribution in [0.4, 0.5) is 5.69 Å². The molecule has 0 aliphatic rings. The predicted octanol–water partition coefficient (Wildman–Crippen LogP) is 6.33. The van der Waals surface area contributed by atoms with E-state index in [1.165, 1.54) is 17.0 Å². The molecular weight excluding hydrogens is 614 g/mol. The van der Waals surface area contributed by atoms with Gasteiger partial charge in [0, 0.05) is 22.1 Å². The highest BCUT2D eigenvalue weighted by molar-refractivity contribution is 9.10. The van der Waals surface area contributed by atoms with Crippen molar-refractivity contribution in [3.8, 4) is 0 Å². The standard InChI is InChI=1S/C30H35BrClN3O4S/c1-5-22(4)33-30(37)28(6-2)34(19-23-9-13-25(32)14-10-23)29(36)20-35(26-15-11-24(31)12-16-26)40(38,39)27-17-7-21(3)8-18-27/h7-18,22,28H,5-6,19-20H2,1-4H3,(H,33,37)/t22-,28+/m1/s1. The summed E-state index contributed by atoms with van der Waals surface area (Å²) in [6.07, 6.45) is 1.09. The van der Waals surface area contributed by atoms with Crippen molar-refractivity contribution < 1.29 is 18.0 Å². The smallest absolute Gasteiger partial charge is 0.264 e. The summed E-state index contributed by atoms with van der Waals surface area (Å²) in [4.78, 5) is 28.9. The number of hydrogen-bond acceptors (Lipinski definition) is 4. The minimum Gasteiger partial charge on any atom is -0.352 e.